The number of rotatable bonds is 9. The van der Waals surface area contributed by atoms with Crippen LogP contribution < -0.4 is 0 Å². The van der Waals surface area contributed by atoms with Crippen LogP contribution in [0.15, 0.2) is 0 Å². The minimum absolute atomic E-state index is 0.00444. The molecule has 0 unspecified atom stereocenters. The van der Waals surface area contributed by atoms with Crippen molar-refractivity contribution in [3.63, 3.8) is 0 Å². The van der Waals surface area contributed by atoms with Crippen LogP contribution in [0.5, 0.6) is 0 Å². The molecule has 0 bridgehead atoms. The highest BCUT2D eigenvalue weighted by Gasteiger charge is 2.34. The van der Waals surface area contributed by atoms with E-state index in [-0.39, 0.29) is 5.91 Å². The van der Waals surface area contributed by atoms with Gasteiger partial charge in [-0.1, -0.05) is 39.3 Å². The topological polar surface area (TPSA) is 21.7 Å². The molecule has 0 spiro atoms. The highest BCUT2D eigenvalue weighted by atomic mass is 28.4. The Kier molecular flexibility index (Phi) is 8.20. The van der Waals surface area contributed by atoms with Crippen molar-refractivity contribution >= 4 is 26.0 Å². The Bertz CT molecular complexity index is 206. The lowest BCUT2D eigenvalue weighted by Crippen LogP contribution is -2.61. The Morgan fingerprint density at radius 1 is 0.889 bits per heavy atom. The van der Waals surface area contributed by atoms with Crippen molar-refractivity contribution in [2.24, 2.45) is 0 Å². The molecule has 0 fully saturated rings. The number of nitrogens with zero attached hydrogens (tertiary/aromatic N) is 1. The lowest BCUT2D eigenvalue weighted by Gasteiger charge is -2.44. The molecule has 0 heterocycles. The zero-order valence-corrected chi connectivity index (χ0v) is 16.5. The minimum atomic E-state index is -1.24. The molecule has 6 heteroatoms. The van der Waals surface area contributed by atoms with E-state index in [4.69, 9.17) is 9.47 Å². The largest absolute Gasteiger partial charge is 0.357 e. The summed E-state index contributed by atoms with van der Waals surface area (Å²) in [7, 11) is -1.77. The van der Waals surface area contributed by atoms with Crippen LogP contribution in [-0.4, -0.2) is 55.5 Å². The average Bonchev–Trinajstić information content (AvgIpc) is 2.14. The minimum Gasteiger partial charge on any atom is -0.357 e. The third kappa shape index (κ3) is 7.20. The van der Waals surface area contributed by atoms with E-state index in [9.17, 15) is 0 Å². The lowest BCUT2D eigenvalue weighted by atomic mass is 10.8. The number of ether oxygens (including phenoxy) is 2. The molecule has 0 rings (SSSR count). The molecule has 0 aromatic heterocycles. The zero-order chi connectivity index (χ0) is 14.4. The van der Waals surface area contributed by atoms with Crippen LogP contribution in [0.4, 0.5) is 0 Å². The van der Waals surface area contributed by atoms with Crippen LogP contribution in [0.2, 0.25) is 39.3 Å². The van der Waals surface area contributed by atoms with Crippen LogP contribution >= 0.6 is 0 Å². The third-order valence-electron chi connectivity index (χ3n) is 2.67. The van der Waals surface area contributed by atoms with Crippen LogP contribution in [0.3, 0.4) is 0 Å². The second-order valence-electron chi connectivity index (χ2n) is 6.37. The van der Waals surface area contributed by atoms with Crippen molar-refractivity contribution in [1.29, 1.82) is 0 Å². The standard InChI is InChI=1S/C12H31NO2Si3/c1-9-14-12(15-10-2)16-11-13(17(3,4)5)18(6,7)8/h12H,9-11H2,1-8H3. The van der Waals surface area contributed by atoms with Crippen LogP contribution in [0.1, 0.15) is 13.8 Å². The van der Waals surface area contributed by atoms with E-state index >= 15 is 0 Å². The van der Waals surface area contributed by atoms with Crippen LogP contribution in [0, 0.1) is 0 Å². The molecule has 0 amide bonds. The van der Waals surface area contributed by atoms with Crippen LogP contribution in [0.25, 0.3) is 0 Å². The molecule has 18 heavy (non-hydrogen) atoms. The van der Waals surface area contributed by atoms with E-state index in [1.165, 1.54) is 0 Å². The summed E-state index contributed by atoms with van der Waals surface area (Å²) in [5.74, 6) is -0.00444. The summed E-state index contributed by atoms with van der Waals surface area (Å²) in [5.41, 5.74) is 0. The van der Waals surface area contributed by atoms with Gasteiger partial charge in [-0.05, 0) is 20.0 Å². The van der Waals surface area contributed by atoms with Gasteiger partial charge in [0.25, 0.3) is 0 Å². The fourth-order valence-electron chi connectivity index (χ4n) is 2.12. The Morgan fingerprint density at radius 3 is 1.56 bits per heavy atom. The Hall–Kier alpha value is 0.531. The first-order valence-electron chi connectivity index (χ1n) is 6.87. The quantitative estimate of drug-likeness (QED) is 0.483. The molecular formula is C12H31NO2Si3. The van der Waals surface area contributed by atoms with E-state index < -0.39 is 16.5 Å². The summed E-state index contributed by atoms with van der Waals surface area (Å²) in [4.78, 5) is 0. The van der Waals surface area contributed by atoms with Crippen molar-refractivity contribution < 1.29 is 9.47 Å². The monoisotopic (exact) mass is 305 g/mol. The predicted molar refractivity (Wildman–Crippen MR) is 86.2 cm³/mol. The Morgan fingerprint density at radius 2 is 1.28 bits per heavy atom. The summed E-state index contributed by atoms with van der Waals surface area (Å²) < 4.78 is 14.1. The van der Waals surface area contributed by atoms with Gasteiger partial charge in [0.2, 0.25) is 0 Å². The molecule has 3 nitrogen and oxygen atoms in total. The third-order valence-corrected chi connectivity index (χ3v) is 12.0. The van der Waals surface area contributed by atoms with Crippen molar-refractivity contribution in [3.05, 3.63) is 0 Å². The van der Waals surface area contributed by atoms with Gasteiger partial charge in [-0.25, -0.2) is 0 Å². The van der Waals surface area contributed by atoms with Crippen molar-refractivity contribution in [3.8, 4) is 0 Å². The maximum Gasteiger partial charge on any atom is 0.138 e. The molecule has 0 saturated heterocycles. The highest BCUT2D eigenvalue weighted by molar-refractivity contribution is 6.90. The molecule has 108 valence electrons. The summed E-state index contributed by atoms with van der Waals surface area (Å²) >= 11 is 0. The van der Waals surface area contributed by atoms with Crippen molar-refractivity contribution in [1.82, 2.24) is 4.23 Å². The summed E-state index contributed by atoms with van der Waals surface area (Å²) in [5, 5.41) is 0. The fourth-order valence-corrected chi connectivity index (χ4v) is 15.4. The average molecular weight is 306 g/mol. The summed E-state index contributed by atoms with van der Waals surface area (Å²) in [6, 6.07) is 0. The summed E-state index contributed by atoms with van der Waals surface area (Å²) in [6.45, 7) is 20.2. The second-order valence-corrected chi connectivity index (χ2v) is 17.8. The van der Waals surface area contributed by atoms with E-state index in [1.807, 2.05) is 13.8 Å². The number of hydrogen-bond donors (Lipinski definition) is 0. The maximum absolute atomic E-state index is 5.65. The van der Waals surface area contributed by atoms with Gasteiger partial charge in [-0.15, -0.1) is 0 Å². The van der Waals surface area contributed by atoms with Gasteiger partial charge in [0.15, 0.2) is 0 Å². The normalized spacial score (nSPS) is 13.7. The van der Waals surface area contributed by atoms with E-state index in [0.29, 0.717) is 9.52 Å². The first-order valence-corrected chi connectivity index (χ1v) is 15.0. The molecule has 0 aliphatic rings. The van der Waals surface area contributed by atoms with E-state index in [2.05, 4.69) is 43.5 Å². The molecule has 0 aliphatic heterocycles. The van der Waals surface area contributed by atoms with Crippen molar-refractivity contribution in [2.75, 3.05) is 19.4 Å². The summed E-state index contributed by atoms with van der Waals surface area (Å²) in [6.07, 6.45) is 1.14. The molecule has 2 radical (unpaired) electrons. The van der Waals surface area contributed by atoms with Gasteiger partial charge in [0.1, 0.15) is 31.9 Å². The van der Waals surface area contributed by atoms with E-state index in [1.54, 1.807) is 0 Å². The first kappa shape index (κ1) is 18.5. The van der Waals surface area contributed by atoms with Gasteiger partial charge >= 0.3 is 0 Å². The zero-order valence-electron chi connectivity index (χ0n) is 13.5. The maximum atomic E-state index is 5.65. The van der Waals surface area contributed by atoms with Crippen LogP contribution in [-0.2, 0) is 9.47 Å². The first-order chi connectivity index (χ1) is 8.12. The molecule has 0 saturated carbocycles. The Balaban J connectivity index is 4.51. The second kappa shape index (κ2) is 7.96. The molecule has 0 atom stereocenters. The van der Waals surface area contributed by atoms with Gasteiger partial charge in [0.05, 0.1) is 0 Å². The molecule has 0 aromatic rings. The molecule has 0 aliphatic carbocycles. The van der Waals surface area contributed by atoms with E-state index in [0.717, 1.165) is 19.4 Å². The molecule has 0 aromatic carbocycles. The lowest BCUT2D eigenvalue weighted by molar-refractivity contribution is -0.0829. The van der Waals surface area contributed by atoms with Gasteiger partial charge in [0, 0.05) is 13.2 Å². The molecule has 0 N–H and O–H groups in total. The highest BCUT2D eigenvalue weighted by Crippen LogP contribution is 2.19. The fraction of sp³-hybridized carbons (Fsp3) is 1.00. The van der Waals surface area contributed by atoms with Gasteiger partial charge < -0.3 is 13.7 Å². The van der Waals surface area contributed by atoms with Gasteiger partial charge in [-0.3, -0.25) is 0 Å². The SMILES string of the molecule is CCOC(OCC)[Si]CN([Si](C)(C)C)[Si](C)(C)C. The smallest absolute Gasteiger partial charge is 0.138 e. The van der Waals surface area contributed by atoms with Gasteiger partial charge in [-0.2, -0.15) is 0 Å². The Labute approximate surface area is 118 Å². The number of hydrogen-bond acceptors (Lipinski definition) is 3. The van der Waals surface area contributed by atoms with Crippen molar-refractivity contribution in [2.45, 2.75) is 59.0 Å². The molecular weight excluding hydrogens is 274 g/mol. The predicted octanol–water partition coefficient (Wildman–Crippen LogP) is 2.98.